The molecule has 0 atom stereocenters. The van der Waals surface area contributed by atoms with E-state index in [-0.39, 0.29) is 5.75 Å². The Bertz CT molecular complexity index is 1210. The quantitative estimate of drug-likeness (QED) is 0.163. The molecule has 0 bridgehead atoms. The number of hydrogen-bond acceptors (Lipinski definition) is 2. The van der Waals surface area contributed by atoms with Crippen LogP contribution in [-0.4, -0.2) is 17.2 Å². The van der Waals surface area contributed by atoms with Crippen LogP contribution in [0.2, 0.25) is 0 Å². The third-order valence-corrected chi connectivity index (χ3v) is 9.68. The Hall–Kier alpha value is -3.70. The van der Waals surface area contributed by atoms with E-state index < -0.39 is 30.6 Å². The summed E-state index contributed by atoms with van der Waals surface area (Å²) in [6, 6.07) is 32.5. The summed E-state index contributed by atoms with van der Waals surface area (Å²) >= 11 is 0. The minimum Gasteiger partial charge on any atom is -0.501 e. The van der Waals surface area contributed by atoms with Crippen molar-refractivity contribution in [1.29, 1.82) is 0 Å². The first-order valence-electron chi connectivity index (χ1n) is 10.9. The molecule has 0 saturated carbocycles. The summed E-state index contributed by atoms with van der Waals surface area (Å²) in [6.07, 6.45) is -6.05. The molecule has 4 rings (SSSR count). The Kier molecular flexibility index (Phi) is 7.14. The number of hydrogen-bond donors (Lipinski definition) is 1. The van der Waals surface area contributed by atoms with Gasteiger partial charge in [0.05, 0.1) is 0 Å². The van der Waals surface area contributed by atoms with E-state index in [2.05, 4.69) is 0 Å². The third-order valence-electron chi connectivity index (χ3n) is 5.55. The molecule has 0 spiro atoms. The molecule has 0 aliphatic carbocycles. The predicted octanol–water partition coefficient (Wildman–Crippen LogP) is 6.98. The summed E-state index contributed by atoms with van der Waals surface area (Å²) in [5, 5.41) is 12.2. The lowest BCUT2D eigenvalue weighted by Crippen LogP contribution is -2.42. The third kappa shape index (κ3) is 4.59. The molecule has 0 radical (unpaired) electrons. The molecular formula is C28H21F5O2P+. The monoisotopic (exact) mass is 515 g/mol. The maximum atomic E-state index is 14.9. The van der Waals surface area contributed by atoms with Gasteiger partial charge in [-0.05, 0) is 48.5 Å². The van der Waals surface area contributed by atoms with Gasteiger partial charge in [0.25, 0.3) is 5.76 Å². The van der Waals surface area contributed by atoms with Gasteiger partial charge in [-0.15, -0.1) is 0 Å². The summed E-state index contributed by atoms with van der Waals surface area (Å²) in [4.78, 5) is 0. The van der Waals surface area contributed by atoms with E-state index in [1.54, 1.807) is 109 Å². The maximum absolute atomic E-state index is 14.9. The molecule has 2 nitrogen and oxygen atoms in total. The second-order valence-electron chi connectivity index (χ2n) is 7.82. The lowest BCUT2D eigenvalue weighted by Gasteiger charge is -2.30. The largest absolute Gasteiger partial charge is 0.501 e. The van der Waals surface area contributed by atoms with Crippen molar-refractivity contribution in [2.45, 2.75) is 12.1 Å². The molecular weight excluding hydrogens is 494 g/mol. The van der Waals surface area contributed by atoms with Gasteiger partial charge in [-0.3, -0.25) is 0 Å². The van der Waals surface area contributed by atoms with Crippen LogP contribution in [0.25, 0.3) is 0 Å². The van der Waals surface area contributed by atoms with Crippen LogP contribution in [0.15, 0.2) is 133 Å². The molecule has 0 saturated heterocycles. The van der Waals surface area contributed by atoms with Crippen LogP contribution in [-0.2, 0) is 0 Å². The van der Waals surface area contributed by atoms with E-state index in [0.717, 1.165) is 0 Å². The maximum Gasteiger partial charge on any atom is 0.461 e. The average molecular weight is 515 g/mol. The van der Waals surface area contributed by atoms with Crippen molar-refractivity contribution < 1.29 is 31.8 Å². The number of halogens is 5. The Balaban J connectivity index is 2.20. The van der Waals surface area contributed by atoms with Crippen molar-refractivity contribution in [2.24, 2.45) is 0 Å². The first kappa shape index (κ1) is 25.4. The fourth-order valence-electron chi connectivity index (χ4n) is 3.90. The van der Waals surface area contributed by atoms with Crippen LogP contribution in [0, 0.1) is 0 Å². The fourth-order valence-corrected chi connectivity index (χ4v) is 8.05. The van der Waals surface area contributed by atoms with Gasteiger partial charge in [0.15, 0.2) is 7.26 Å². The normalized spacial score (nSPS) is 13.1. The molecule has 0 aromatic heterocycles. The van der Waals surface area contributed by atoms with Crippen molar-refractivity contribution >= 4 is 23.2 Å². The molecule has 1 N–H and O–H groups in total. The summed E-state index contributed by atoms with van der Waals surface area (Å²) in [5.74, 6) is -7.74. The van der Waals surface area contributed by atoms with Crippen molar-refractivity contribution in [1.82, 2.24) is 0 Å². The van der Waals surface area contributed by atoms with Crippen LogP contribution in [0.1, 0.15) is 0 Å². The molecule has 0 unspecified atom stereocenters. The highest BCUT2D eigenvalue weighted by Gasteiger charge is 2.66. The number of aliphatic hydroxyl groups is 1. The minimum absolute atomic E-state index is 0.00388. The number of alkyl halides is 5. The zero-order chi connectivity index (χ0) is 25.8. The summed E-state index contributed by atoms with van der Waals surface area (Å²) < 4.78 is 76.4. The van der Waals surface area contributed by atoms with Crippen molar-refractivity contribution in [3.05, 3.63) is 133 Å². The zero-order valence-corrected chi connectivity index (χ0v) is 19.6. The molecule has 4 aromatic rings. The Morgan fingerprint density at radius 1 is 0.556 bits per heavy atom. The van der Waals surface area contributed by atoms with Gasteiger partial charge in [-0.2, -0.15) is 22.0 Å². The molecule has 0 aliphatic rings. The zero-order valence-electron chi connectivity index (χ0n) is 18.7. The van der Waals surface area contributed by atoms with Gasteiger partial charge < -0.3 is 9.84 Å². The molecule has 184 valence electrons. The van der Waals surface area contributed by atoms with Gasteiger partial charge >= 0.3 is 17.6 Å². The van der Waals surface area contributed by atoms with Crippen LogP contribution >= 0.6 is 7.26 Å². The van der Waals surface area contributed by atoms with E-state index in [4.69, 9.17) is 4.74 Å². The first-order valence-corrected chi connectivity index (χ1v) is 12.7. The Labute approximate surface area is 205 Å². The van der Waals surface area contributed by atoms with Gasteiger partial charge in [0, 0.05) is 0 Å². The van der Waals surface area contributed by atoms with Gasteiger partial charge in [0.1, 0.15) is 21.7 Å². The summed E-state index contributed by atoms with van der Waals surface area (Å²) in [7, 11) is -3.62. The number of rotatable bonds is 7. The lowest BCUT2D eigenvalue weighted by atomic mass is 10.3. The highest BCUT2D eigenvalue weighted by molar-refractivity contribution is 7.98. The second-order valence-corrected chi connectivity index (χ2v) is 11.1. The number of benzene rings is 4. The molecule has 8 heteroatoms. The van der Waals surface area contributed by atoms with Crippen molar-refractivity contribution in [3.8, 4) is 5.75 Å². The number of ether oxygens (including phenoxy) is 1. The van der Waals surface area contributed by atoms with Crippen molar-refractivity contribution in [3.63, 3.8) is 0 Å². The van der Waals surface area contributed by atoms with Crippen LogP contribution in [0.5, 0.6) is 5.75 Å². The molecule has 0 aliphatic heterocycles. The molecule has 0 amide bonds. The lowest BCUT2D eigenvalue weighted by molar-refractivity contribution is -0.275. The van der Waals surface area contributed by atoms with Gasteiger partial charge in [-0.1, -0.05) is 72.8 Å². The average Bonchev–Trinajstić information content (AvgIpc) is 2.90. The fraction of sp³-hybridized carbons (Fsp3) is 0.0714. The topological polar surface area (TPSA) is 29.5 Å². The Morgan fingerprint density at radius 3 is 1.22 bits per heavy atom. The molecule has 36 heavy (non-hydrogen) atoms. The van der Waals surface area contributed by atoms with Crippen molar-refractivity contribution in [2.75, 3.05) is 0 Å². The van der Waals surface area contributed by atoms with Crippen LogP contribution in [0.4, 0.5) is 22.0 Å². The number of aliphatic hydroxyl groups excluding tert-OH is 1. The SMILES string of the molecule is O/C(=C(/Oc1ccccc1)[P+](c1ccccc1)(c1ccccc1)c1ccccc1)C(F)(F)C(F)(F)F. The van der Waals surface area contributed by atoms with E-state index >= 15 is 0 Å². The number of para-hydroxylation sites is 1. The molecule has 0 fully saturated rings. The van der Waals surface area contributed by atoms with Crippen LogP contribution < -0.4 is 20.7 Å². The summed E-state index contributed by atoms with van der Waals surface area (Å²) in [6.45, 7) is 0. The second kappa shape index (κ2) is 10.1. The highest BCUT2D eigenvalue weighted by atomic mass is 31.2. The summed E-state index contributed by atoms with van der Waals surface area (Å²) in [5.41, 5.74) is -0.848. The molecule has 0 heterocycles. The first-order chi connectivity index (χ1) is 17.2. The Morgan fingerprint density at radius 2 is 0.889 bits per heavy atom. The van der Waals surface area contributed by atoms with E-state index in [0.29, 0.717) is 15.9 Å². The number of allylic oxidation sites excluding steroid dienone is 1. The minimum atomic E-state index is -6.05. The van der Waals surface area contributed by atoms with E-state index in [1.807, 2.05) is 0 Å². The van der Waals surface area contributed by atoms with E-state index in [1.165, 1.54) is 12.1 Å². The predicted molar refractivity (Wildman–Crippen MR) is 133 cm³/mol. The van der Waals surface area contributed by atoms with Crippen LogP contribution in [0.3, 0.4) is 0 Å². The standard InChI is InChI=1S/C28H20F5O2P/c29-27(30,28(31,32)33)25(34)26(35-21-13-5-1-6-14-21)36(22-15-7-2-8-16-22,23-17-9-3-10-18-23)24-19-11-4-12-20-24/h1-20H/p+1/b26-25-. The molecule has 4 aromatic carbocycles. The van der Waals surface area contributed by atoms with E-state index in [9.17, 15) is 27.1 Å². The van der Waals surface area contributed by atoms with Gasteiger partial charge in [0.2, 0.25) is 0 Å². The van der Waals surface area contributed by atoms with Gasteiger partial charge in [-0.25, -0.2) is 0 Å². The smallest absolute Gasteiger partial charge is 0.461 e. The highest BCUT2D eigenvalue weighted by Crippen LogP contribution is 2.65.